The quantitative estimate of drug-likeness (QED) is 0.455. The van der Waals surface area contributed by atoms with E-state index in [4.69, 9.17) is 21.1 Å². The number of hydrogen-bond donors (Lipinski definition) is 2. The Kier molecular flexibility index (Phi) is 7.75. The van der Waals surface area contributed by atoms with Crippen LogP contribution in [0.1, 0.15) is 59.1 Å². The van der Waals surface area contributed by atoms with Crippen molar-refractivity contribution in [2.75, 3.05) is 25.7 Å². The molecule has 0 saturated carbocycles. The average molecular weight is 527 g/mol. The molecule has 0 radical (unpaired) electrons. The lowest BCUT2D eigenvalue weighted by Crippen LogP contribution is -2.41. The van der Waals surface area contributed by atoms with Gasteiger partial charge in [0, 0.05) is 18.7 Å². The van der Waals surface area contributed by atoms with Crippen LogP contribution >= 0.6 is 11.6 Å². The zero-order valence-corrected chi connectivity index (χ0v) is 22.1. The third kappa shape index (κ3) is 5.73. The number of nitrogens with one attached hydrogen (secondary N) is 1. The fourth-order valence-corrected chi connectivity index (χ4v) is 4.60. The summed E-state index contributed by atoms with van der Waals surface area (Å²) in [5.41, 5.74) is 1.21. The molecule has 2 aromatic carbocycles. The van der Waals surface area contributed by atoms with Gasteiger partial charge in [-0.15, -0.1) is 0 Å². The standard InChI is InChI=1S/C27H31ClN4O5/c1-27(2,35)12-14-32-24-20(30-25(33)18-7-5-6-8-19(18)28)11-13-31(21(24)16-29-32)26(34)17-9-10-22(36-3)23(15-17)37-4/h5-10,15-16,20,35H,11-14H2,1-4H3,(H,30,33). The van der Waals surface area contributed by atoms with Crippen molar-refractivity contribution in [2.24, 2.45) is 0 Å². The molecule has 0 bridgehead atoms. The van der Waals surface area contributed by atoms with Crippen molar-refractivity contribution in [2.45, 2.75) is 44.9 Å². The van der Waals surface area contributed by atoms with Crippen molar-refractivity contribution >= 4 is 29.1 Å². The number of halogens is 1. The predicted octanol–water partition coefficient (Wildman–Crippen LogP) is 4.24. The molecule has 1 unspecified atom stereocenters. The minimum atomic E-state index is -0.904. The molecular formula is C27H31ClN4O5. The van der Waals surface area contributed by atoms with Gasteiger partial charge in [-0.05, 0) is 57.0 Å². The zero-order chi connectivity index (χ0) is 26.7. The highest BCUT2D eigenvalue weighted by atomic mass is 35.5. The van der Waals surface area contributed by atoms with Gasteiger partial charge in [-0.25, -0.2) is 0 Å². The summed E-state index contributed by atoms with van der Waals surface area (Å²) in [6.07, 6.45) is 2.54. The van der Waals surface area contributed by atoms with E-state index in [-0.39, 0.29) is 11.8 Å². The summed E-state index contributed by atoms with van der Waals surface area (Å²) < 4.78 is 12.4. The molecule has 196 valence electrons. The lowest BCUT2D eigenvalue weighted by atomic mass is 10.0. The van der Waals surface area contributed by atoms with Crippen LogP contribution in [0.15, 0.2) is 48.7 Å². The van der Waals surface area contributed by atoms with Crippen molar-refractivity contribution in [1.29, 1.82) is 0 Å². The normalized spacial score (nSPS) is 15.2. The molecule has 3 aromatic rings. The van der Waals surface area contributed by atoms with Crippen molar-refractivity contribution in [3.05, 3.63) is 70.5 Å². The first-order valence-electron chi connectivity index (χ1n) is 12.0. The zero-order valence-electron chi connectivity index (χ0n) is 21.3. The van der Waals surface area contributed by atoms with Crippen molar-refractivity contribution < 1.29 is 24.2 Å². The summed E-state index contributed by atoms with van der Waals surface area (Å²) in [6.45, 7) is 4.24. The van der Waals surface area contributed by atoms with Crippen molar-refractivity contribution in [3.63, 3.8) is 0 Å². The van der Waals surface area contributed by atoms with E-state index in [1.54, 1.807) is 72.1 Å². The smallest absolute Gasteiger partial charge is 0.258 e. The average Bonchev–Trinajstić information content (AvgIpc) is 3.31. The number of fused-ring (bicyclic) bond motifs is 1. The number of rotatable bonds is 8. The van der Waals surface area contributed by atoms with Gasteiger partial charge in [-0.2, -0.15) is 5.10 Å². The molecular weight excluding hydrogens is 496 g/mol. The molecule has 0 saturated heterocycles. The molecule has 9 nitrogen and oxygen atoms in total. The highest BCUT2D eigenvalue weighted by molar-refractivity contribution is 6.33. The Balaban J connectivity index is 1.68. The number of amides is 2. The lowest BCUT2D eigenvalue weighted by Gasteiger charge is -2.33. The molecule has 1 aliphatic heterocycles. The van der Waals surface area contributed by atoms with Gasteiger partial charge in [0.25, 0.3) is 11.8 Å². The van der Waals surface area contributed by atoms with Crippen LogP contribution in [0.4, 0.5) is 5.69 Å². The van der Waals surface area contributed by atoms with E-state index in [1.807, 2.05) is 0 Å². The van der Waals surface area contributed by atoms with E-state index in [0.717, 1.165) is 0 Å². The maximum atomic E-state index is 13.6. The summed E-state index contributed by atoms with van der Waals surface area (Å²) in [5.74, 6) is 0.452. The van der Waals surface area contributed by atoms with Crippen LogP contribution in [-0.2, 0) is 6.54 Å². The molecule has 1 aliphatic rings. The molecule has 2 heterocycles. The van der Waals surface area contributed by atoms with Gasteiger partial charge in [0.15, 0.2) is 11.5 Å². The van der Waals surface area contributed by atoms with Crippen LogP contribution in [0.2, 0.25) is 5.02 Å². The molecule has 37 heavy (non-hydrogen) atoms. The number of aliphatic hydroxyl groups is 1. The Morgan fingerprint density at radius 1 is 1.16 bits per heavy atom. The number of methoxy groups -OCH3 is 2. The third-order valence-electron chi connectivity index (χ3n) is 6.36. The predicted molar refractivity (Wildman–Crippen MR) is 141 cm³/mol. The largest absolute Gasteiger partial charge is 0.493 e. The molecule has 10 heteroatoms. The minimum Gasteiger partial charge on any atom is -0.493 e. The van der Waals surface area contributed by atoms with Crippen molar-refractivity contribution in [3.8, 4) is 11.5 Å². The summed E-state index contributed by atoms with van der Waals surface area (Å²) in [7, 11) is 3.05. The number of carbonyl (C=O) groups excluding carboxylic acids is 2. The summed E-state index contributed by atoms with van der Waals surface area (Å²) >= 11 is 6.25. The second-order valence-corrected chi connectivity index (χ2v) is 9.93. The van der Waals surface area contributed by atoms with Crippen LogP contribution in [0, 0.1) is 0 Å². The number of nitrogens with zero attached hydrogens (tertiary/aromatic N) is 3. The fraction of sp³-hybridized carbons (Fsp3) is 0.370. The van der Waals surface area contributed by atoms with Gasteiger partial charge >= 0.3 is 0 Å². The Labute approximate surface area is 220 Å². The van der Waals surface area contributed by atoms with E-state index >= 15 is 0 Å². The maximum absolute atomic E-state index is 13.6. The Hall–Kier alpha value is -3.56. The second kappa shape index (κ2) is 10.8. The van der Waals surface area contributed by atoms with Gasteiger partial charge in [0.05, 0.1) is 54.0 Å². The lowest BCUT2D eigenvalue weighted by molar-refractivity contribution is 0.0644. The molecule has 1 aromatic heterocycles. The van der Waals surface area contributed by atoms with E-state index in [0.29, 0.717) is 65.0 Å². The van der Waals surface area contributed by atoms with Crippen LogP contribution in [-0.4, -0.2) is 53.1 Å². The minimum absolute atomic E-state index is 0.222. The number of aryl methyl sites for hydroxylation is 1. The van der Waals surface area contributed by atoms with Gasteiger partial charge in [-0.3, -0.25) is 14.3 Å². The van der Waals surface area contributed by atoms with E-state index in [2.05, 4.69) is 10.4 Å². The van der Waals surface area contributed by atoms with Gasteiger partial charge < -0.3 is 24.8 Å². The van der Waals surface area contributed by atoms with Crippen LogP contribution in [0.5, 0.6) is 11.5 Å². The summed E-state index contributed by atoms with van der Waals surface area (Å²) in [4.78, 5) is 28.3. The molecule has 2 amide bonds. The molecule has 4 rings (SSSR count). The number of ether oxygens (including phenoxy) is 2. The van der Waals surface area contributed by atoms with E-state index in [1.165, 1.54) is 14.2 Å². The number of benzene rings is 2. The van der Waals surface area contributed by atoms with Crippen LogP contribution < -0.4 is 19.7 Å². The highest BCUT2D eigenvalue weighted by Gasteiger charge is 2.35. The topological polar surface area (TPSA) is 106 Å². The molecule has 1 atom stereocenters. The summed E-state index contributed by atoms with van der Waals surface area (Å²) in [5, 5.41) is 18.2. The van der Waals surface area contributed by atoms with Gasteiger partial charge in [0.1, 0.15) is 0 Å². The SMILES string of the molecule is COc1ccc(C(=O)N2CCC(NC(=O)c3ccccc3Cl)c3c2cnn3CCC(C)(C)O)cc1OC. The number of hydrogen-bond acceptors (Lipinski definition) is 6. The third-order valence-corrected chi connectivity index (χ3v) is 6.69. The number of carbonyl (C=O) groups is 2. The van der Waals surface area contributed by atoms with Gasteiger partial charge in [-0.1, -0.05) is 23.7 Å². The van der Waals surface area contributed by atoms with E-state index < -0.39 is 11.6 Å². The van der Waals surface area contributed by atoms with Gasteiger partial charge in [0.2, 0.25) is 0 Å². The first-order chi connectivity index (χ1) is 17.6. The molecule has 0 spiro atoms. The summed E-state index contributed by atoms with van der Waals surface area (Å²) in [6, 6.07) is 11.5. The van der Waals surface area contributed by atoms with E-state index in [9.17, 15) is 14.7 Å². The number of aromatic nitrogens is 2. The second-order valence-electron chi connectivity index (χ2n) is 9.52. The molecule has 0 fully saturated rings. The van der Waals surface area contributed by atoms with Crippen LogP contribution in [0.25, 0.3) is 0 Å². The number of anilines is 1. The first-order valence-corrected chi connectivity index (χ1v) is 12.4. The first kappa shape index (κ1) is 26.5. The molecule has 2 N–H and O–H groups in total. The Morgan fingerprint density at radius 2 is 1.89 bits per heavy atom. The Morgan fingerprint density at radius 3 is 2.57 bits per heavy atom. The van der Waals surface area contributed by atoms with Crippen LogP contribution in [0.3, 0.4) is 0 Å². The highest BCUT2D eigenvalue weighted by Crippen LogP contribution is 2.36. The monoisotopic (exact) mass is 526 g/mol. The fourth-order valence-electron chi connectivity index (χ4n) is 4.38. The Bertz CT molecular complexity index is 1300. The molecule has 0 aliphatic carbocycles. The maximum Gasteiger partial charge on any atom is 0.258 e. The van der Waals surface area contributed by atoms with Crippen molar-refractivity contribution in [1.82, 2.24) is 15.1 Å².